The van der Waals surface area contributed by atoms with Crippen LogP contribution in [0.3, 0.4) is 0 Å². The van der Waals surface area contributed by atoms with Crippen molar-refractivity contribution in [2.75, 3.05) is 0 Å². The molecule has 0 spiro atoms. The lowest BCUT2D eigenvalue weighted by molar-refractivity contribution is 0.541. The van der Waals surface area contributed by atoms with Crippen molar-refractivity contribution in [2.45, 2.75) is 26.2 Å². The van der Waals surface area contributed by atoms with Crippen LogP contribution >= 0.6 is 0 Å². The van der Waals surface area contributed by atoms with Crippen molar-refractivity contribution in [3.8, 4) is 0 Å². The first-order valence-corrected chi connectivity index (χ1v) is 6.22. The van der Waals surface area contributed by atoms with Gasteiger partial charge >= 0.3 is 0 Å². The van der Waals surface area contributed by atoms with Gasteiger partial charge in [0.2, 0.25) is 0 Å². The molecule has 1 atom stereocenters. The van der Waals surface area contributed by atoms with Gasteiger partial charge in [0, 0.05) is 18.3 Å². The van der Waals surface area contributed by atoms with E-state index in [1.165, 1.54) is 17.5 Å². The van der Waals surface area contributed by atoms with Crippen LogP contribution < -0.4 is 0 Å². The molecule has 0 saturated carbocycles. The molecule has 0 radical (unpaired) electrons. The summed E-state index contributed by atoms with van der Waals surface area (Å²) in [5.41, 5.74) is 2.76. The first-order valence-electron chi connectivity index (χ1n) is 6.22. The molecule has 1 heteroatoms. The first-order chi connectivity index (χ1) is 8.27. The molecule has 0 aliphatic heterocycles. The van der Waals surface area contributed by atoms with Crippen LogP contribution in [0.15, 0.2) is 54.9 Å². The molecule has 1 unspecified atom stereocenters. The Morgan fingerprint density at radius 1 is 0.882 bits per heavy atom. The van der Waals surface area contributed by atoms with Crippen LogP contribution in [0.5, 0.6) is 0 Å². The summed E-state index contributed by atoms with van der Waals surface area (Å²) >= 11 is 0. The van der Waals surface area contributed by atoms with E-state index in [-0.39, 0.29) is 0 Å². The highest BCUT2D eigenvalue weighted by Crippen LogP contribution is 2.30. The van der Waals surface area contributed by atoms with Crippen LogP contribution in [0, 0.1) is 5.92 Å². The molecule has 0 fully saturated rings. The molecule has 17 heavy (non-hydrogen) atoms. The first kappa shape index (κ1) is 11.8. The van der Waals surface area contributed by atoms with Crippen molar-refractivity contribution in [3.05, 3.63) is 66.0 Å². The fourth-order valence-corrected chi connectivity index (χ4v) is 2.22. The Morgan fingerprint density at radius 2 is 1.47 bits per heavy atom. The Kier molecular flexibility index (Phi) is 3.92. The topological polar surface area (TPSA) is 12.9 Å². The van der Waals surface area contributed by atoms with Gasteiger partial charge in [-0.25, -0.2) is 0 Å². The fourth-order valence-electron chi connectivity index (χ4n) is 2.22. The summed E-state index contributed by atoms with van der Waals surface area (Å²) in [6, 6.07) is 15.0. The molecule has 0 aliphatic carbocycles. The lowest BCUT2D eigenvalue weighted by atomic mass is 9.85. The van der Waals surface area contributed by atoms with E-state index >= 15 is 0 Å². The van der Waals surface area contributed by atoms with Crippen molar-refractivity contribution in [1.29, 1.82) is 0 Å². The zero-order chi connectivity index (χ0) is 12.1. The number of pyridine rings is 1. The van der Waals surface area contributed by atoms with Crippen LogP contribution in [0.25, 0.3) is 0 Å². The van der Waals surface area contributed by atoms with Gasteiger partial charge in [0.15, 0.2) is 0 Å². The van der Waals surface area contributed by atoms with Gasteiger partial charge in [0.05, 0.1) is 0 Å². The molecule has 2 rings (SSSR count). The summed E-state index contributed by atoms with van der Waals surface area (Å²) in [4.78, 5) is 4.10. The Morgan fingerprint density at radius 3 is 2.06 bits per heavy atom. The van der Waals surface area contributed by atoms with E-state index in [1.54, 1.807) is 0 Å². The Balaban J connectivity index is 2.32. The van der Waals surface area contributed by atoms with Crippen molar-refractivity contribution < 1.29 is 0 Å². The van der Waals surface area contributed by atoms with E-state index in [0.717, 1.165) is 0 Å². The average Bonchev–Trinajstić information content (AvgIpc) is 2.38. The largest absolute Gasteiger partial charge is 0.265 e. The molecule has 2 aromatic rings. The second-order valence-corrected chi connectivity index (χ2v) is 4.87. The maximum Gasteiger partial charge on any atom is 0.0270 e. The molecular weight excluding hydrogens is 206 g/mol. The summed E-state index contributed by atoms with van der Waals surface area (Å²) in [6.07, 6.45) is 4.94. The second kappa shape index (κ2) is 5.62. The van der Waals surface area contributed by atoms with Crippen LogP contribution in [0.1, 0.15) is 37.3 Å². The van der Waals surface area contributed by atoms with Gasteiger partial charge in [-0.15, -0.1) is 0 Å². The summed E-state index contributed by atoms with van der Waals surface area (Å²) in [7, 11) is 0. The van der Waals surface area contributed by atoms with Gasteiger partial charge in [-0.3, -0.25) is 4.98 Å². The minimum Gasteiger partial charge on any atom is -0.265 e. The van der Waals surface area contributed by atoms with E-state index in [9.17, 15) is 0 Å². The molecule has 1 nitrogen and oxygen atoms in total. The van der Waals surface area contributed by atoms with Gasteiger partial charge in [-0.2, -0.15) is 0 Å². The quantitative estimate of drug-likeness (QED) is 0.757. The highest BCUT2D eigenvalue weighted by Gasteiger charge is 2.15. The maximum atomic E-state index is 4.10. The van der Waals surface area contributed by atoms with Gasteiger partial charge in [-0.05, 0) is 35.6 Å². The molecule has 1 aromatic heterocycles. The number of hydrogen-bond donors (Lipinski definition) is 0. The minimum absolute atomic E-state index is 0.485. The lowest BCUT2D eigenvalue weighted by Crippen LogP contribution is -2.05. The Labute approximate surface area is 104 Å². The molecule has 88 valence electrons. The maximum absolute atomic E-state index is 4.10. The van der Waals surface area contributed by atoms with Crippen molar-refractivity contribution in [1.82, 2.24) is 4.98 Å². The molecular formula is C16H19N. The van der Waals surface area contributed by atoms with E-state index in [2.05, 4.69) is 61.3 Å². The van der Waals surface area contributed by atoms with Crippen molar-refractivity contribution >= 4 is 0 Å². The highest BCUT2D eigenvalue weighted by molar-refractivity contribution is 5.31. The van der Waals surface area contributed by atoms with Crippen LogP contribution in [0.4, 0.5) is 0 Å². The van der Waals surface area contributed by atoms with E-state index in [1.807, 2.05) is 12.4 Å². The van der Waals surface area contributed by atoms with Gasteiger partial charge in [-0.1, -0.05) is 44.2 Å². The monoisotopic (exact) mass is 225 g/mol. The number of rotatable bonds is 4. The zero-order valence-electron chi connectivity index (χ0n) is 10.5. The molecule has 0 saturated heterocycles. The summed E-state index contributed by atoms with van der Waals surface area (Å²) < 4.78 is 0. The van der Waals surface area contributed by atoms with Crippen molar-refractivity contribution in [2.24, 2.45) is 5.92 Å². The van der Waals surface area contributed by atoms with Crippen LogP contribution in [-0.4, -0.2) is 4.98 Å². The predicted molar refractivity (Wildman–Crippen MR) is 72.0 cm³/mol. The second-order valence-electron chi connectivity index (χ2n) is 4.87. The van der Waals surface area contributed by atoms with Crippen LogP contribution in [-0.2, 0) is 0 Å². The third-order valence-electron chi connectivity index (χ3n) is 3.02. The molecule has 1 heterocycles. The lowest BCUT2D eigenvalue weighted by Gasteiger charge is -2.19. The summed E-state index contributed by atoms with van der Waals surface area (Å²) in [5.74, 6) is 1.17. The van der Waals surface area contributed by atoms with Gasteiger partial charge in [0.25, 0.3) is 0 Å². The molecule has 1 aromatic carbocycles. The fraction of sp³-hybridized carbons (Fsp3) is 0.312. The van der Waals surface area contributed by atoms with Crippen LogP contribution in [0.2, 0.25) is 0 Å². The molecule has 0 N–H and O–H groups in total. The minimum atomic E-state index is 0.485. The van der Waals surface area contributed by atoms with E-state index < -0.39 is 0 Å². The van der Waals surface area contributed by atoms with E-state index in [0.29, 0.717) is 11.8 Å². The number of nitrogens with zero attached hydrogens (tertiary/aromatic N) is 1. The van der Waals surface area contributed by atoms with Gasteiger partial charge < -0.3 is 0 Å². The SMILES string of the molecule is CC(C)CC(c1ccccc1)c1ccncc1. The highest BCUT2D eigenvalue weighted by atomic mass is 14.6. The average molecular weight is 225 g/mol. The predicted octanol–water partition coefficient (Wildman–Crippen LogP) is 4.26. The molecule has 0 aliphatic rings. The molecule has 0 amide bonds. The zero-order valence-corrected chi connectivity index (χ0v) is 10.5. The van der Waals surface area contributed by atoms with Gasteiger partial charge in [0.1, 0.15) is 0 Å². The summed E-state index contributed by atoms with van der Waals surface area (Å²) in [6.45, 7) is 4.55. The molecule has 0 bridgehead atoms. The number of hydrogen-bond acceptors (Lipinski definition) is 1. The number of benzene rings is 1. The third-order valence-corrected chi connectivity index (χ3v) is 3.02. The summed E-state index contributed by atoms with van der Waals surface area (Å²) in [5, 5.41) is 0. The third kappa shape index (κ3) is 3.16. The Hall–Kier alpha value is -1.63. The van der Waals surface area contributed by atoms with E-state index in [4.69, 9.17) is 0 Å². The number of aromatic nitrogens is 1. The smallest absolute Gasteiger partial charge is 0.0270 e. The van der Waals surface area contributed by atoms with Crippen molar-refractivity contribution in [3.63, 3.8) is 0 Å². The Bertz CT molecular complexity index is 394. The normalized spacial score (nSPS) is 12.6. The standard InChI is InChI=1S/C16H19N/c1-13(2)12-16(14-6-4-3-5-7-14)15-8-10-17-11-9-15/h3-11,13,16H,12H2,1-2H3.